The summed E-state index contributed by atoms with van der Waals surface area (Å²) in [6.07, 6.45) is 1.76. The van der Waals surface area contributed by atoms with E-state index in [0.717, 1.165) is 37.5 Å². The summed E-state index contributed by atoms with van der Waals surface area (Å²) in [5, 5.41) is 9.35. The minimum absolute atomic E-state index is 0.0622. The first kappa shape index (κ1) is 22.5. The maximum atomic E-state index is 11.7. The summed E-state index contributed by atoms with van der Waals surface area (Å²) < 4.78 is 0. The predicted octanol–water partition coefficient (Wildman–Crippen LogP) is 3.29. The number of aliphatic imine (C=N–C) groups is 1. The largest absolute Gasteiger partial charge is 0.356 e. The second kappa shape index (κ2) is 10.6. The van der Waals surface area contributed by atoms with E-state index in [9.17, 15) is 4.79 Å². The van der Waals surface area contributed by atoms with Crippen LogP contribution in [0.3, 0.4) is 0 Å². The molecule has 2 aromatic rings. The molecule has 2 aromatic carbocycles. The Hall–Kier alpha value is -2.82. The molecule has 156 valence electrons. The Morgan fingerprint density at radius 2 is 1.55 bits per heavy atom. The summed E-state index contributed by atoms with van der Waals surface area (Å²) in [7, 11) is 3.42. The fraction of sp³-hybridized carbons (Fsp3) is 0.417. The Balaban J connectivity index is 1.76. The van der Waals surface area contributed by atoms with Crippen LogP contribution in [0.5, 0.6) is 0 Å². The Morgan fingerprint density at radius 1 is 0.931 bits per heavy atom. The van der Waals surface area contributed by atoms with Crippen LogP contribution in [0.25, 0.3) is 0 Å². The van der Waals surface area contributed by atoms with Crippen molar-refractivity contribution in [2.75, 3.05) is 27.2 Å². The molecule has 0 saturated carbocycles. The lowest BCUT2D eigenvalue weighted by atomic mass is 9.86. The van der Waals surface area contributed by atoms with E-state index in [0.29, 0.717) is 5.56 Å². The van der Waals surface area contributed by atoms with Crippen LogP contribution in [0.4, 0.5) is 0 Å². The first-order valence-corrected chi connectivity index (χ1v) is 10.2. The molecular formula is C24H34N4O. The van der Waals surface area contributed by atoms with Gasteiger partial charge < -0.3 is 16.0 Å². The zero-order chi connectivity index (χ0) is 21.3. The van der Waals surface area contributed by atoms with Crippen molar-refractivity contribution in [2.45, 2.75) is 39.0 Å². The minimum atomic E-state index is -0.0622. The van der Waals surface area contributed by atoms with E-state index >= 15 is 0 Å². The van der Waals surface area contributed by atoms with Gasteiger partial charge in [0.25, 0.3) is 5.91 Å². The van der Waals surface area contributed by atoms with Crippen molar-refractivity contribution in [2.24, 2.45) is 4.99 Å². The van der Waals surface area contributed by atoms with E-state index in [1.54, 1.807) is 14.1 Å². The summed E-state index contributed by atoms with van der Waals surface area (Å²) in [6, 6.07) is 16.5. The van der Waals surface area contributed by atoms with Gasteiger partial charge in [-0.15, -0.1) is 0 Å². The van der Waals surface area contributed by atoms with Crippen LogP contribution in [-0.2, 0) is 18.3 Å². The topological polar surface area (TPSA) is 65.5 Å². The van der Waals surface area contributed by atoms with Crippen LogP contribution in [0.15, 0.2) is 53.5 Å². The summed E-state index contributed by atoms with van der Waals surface area (Å²) in [4.78, 5) is 16.0. The first-order chi connectivity index (χ1) is 13.8. The number of hydrogen-bond donors (Lipinski definition) is 3. The molecule has 0 saturated heterocycles. The van der Waals surface area contributed by atoms with Crippen molar-refractivity contribution in [1.29, 1.82) is 0 Å². The van der Waals surface area contributed by atoms with Gasteiger partial charge in [0.1, 0.15) is 0 Å². The van der Waals surface area contributed by atoms with Gasteiger partial charge in [0.05, 0.1) is 0 Å². The van der Waals surface area contributed by atoms with Crippen molar-refractivity contribution in [1.82, 2.24) is 16.0 Å². The summed E-state index contributed by atoms with van der Waals surface area (Å²) >= 11 is 0. The number of amides is 1. The summed E-state index contributed by atoms with van der Waals surface area (Å²) in [6.45, 7) is 8.26. The van der Waals surface area contributed by atoms with Gasteiger partial charge in [-0.3, -0.25) is 9.79 Å². The maximum Gasteiger partial charge on any atom is 0.251 e. The normalized spacial score (nSPS) is 11.8. The molecule has 0 radical (unpaired) electrons. The van der Waals surface area contributed by atoms with Gasteiger partial charge in [0.2, 0.25) is 0 Å². The lowest BCUT2D eigenvalue weighted by molar-refractivity contribution is 0.0963. The number of carbonyl (C=O) groups is 1. The molecule has 3 N–H and O–H groups in total. The first-order valence-electron chi connectivity index (χ1n) is 10.2. The molecule has 0 bridgehead atoms. The van der Waals surface area contributed by atoms with Crippen molar-refractivity contribution in [3.8, 4) is 0 Å². The number of guanidine groups is 1. The molecule has 2 rings (SSSR count). The van der Waals surface area contributed by atoms with Gasteiger partial charge in [-0.2, -0.15) is 0 Å². The number of nitrogens with one attached hydrogen (secondary N) is 3. The monoisotopic (exact) mass is 394 g/mol. The van der Waals surface area contributed by atoms with Crippen molar-refractivity contribution < 1.29 is 4.79 Å². The number of benzene rings is 2. The molecule has 1 amide bonds. The molecule has 0 aliphatic carbocycles. The van der Waals surface area contributed by atoms with E-state index in [1.807, 2.05) is 24.3 Å². The highest BCUT2D eigenvalue weighted by atomic mass is 16.1. The highest BCUT2D eigenvalue weighted by molar-refractivity contribution is 5.94. The molecule has 0 aliphatic rings. The fourth-order valence-corrected chi connectivity index (χ4v) is 3.05. The number of hydrogen-bond acceptors (Lipinski definition) is 2. The molecule has 0 aromatic heterocycles. The SMILES string of the molecule is CN=C(NCCc1ccc(C(C)(C)C)cc1)NCCc1cccc(C(=O)NC)c1. The van der Waals surface area contributed by atoms with Crippen LogP contribution >= 0.6 is 0 Å². The molecule has 0 fully saturated rings. The van der Waals surface area contributed by atoms with E-state index < -0.39 is 0 Å². The third kappa shape index (κ3) is 7.26. The molecule has 0 spiro atoms. The molecule has 0 aliphatic heterocycles. The van der Waals surface area contributed by atoms with E-state index in [4.69, 9.17) is 0 Å². The van der Waals surface area contributed by atoms with Crippen LogP contribution in [0.2, 0.25) is 0 Å². The summed E-state index contributed by atoms with van der Waals surface area (Å²) in [5.74, 6) is 0.728. The minimum Gasteiger partial charge on any atom is -0.356 e. The van der Waals surface area contributed by atoms with E-state index in [1.165, 1.54) is 11.1 Å². The Labute approximate surface area is 175 Å². The third-order valence-corrected chi connectivity index (χ3v) is 4.87. The molecular weight excluding hydrogens is 360 g/mol. The number of nitrogens with zero attached hydrogens (tertiary/aromatic N) is 1. The van der Waals surface area contributed by atoms with Crippen LogP contribution in [-0.4, -0.2) is 39.1 Å². The molecule has 0 heterocycles. The number of carbonyl (C=O) groups excluding carboxylic acids is 1. The van der Waals surface area contributed by atoms with Gasteiger partial charge in [-0.25, -0.2) is 0 Å². The maximum absolute atomic E-state index is 11.7. The van der Waals surface area contributed by atoms with Gasteiger partial charge in [0, 0.05) is 32.7 Å². The molecule has 5 heteroatoms. The molecule has 29 heavy (non-hydrogen) atoms. The zero-order valence-corrected chi connectivity index (χ0v) is 18.3. The second-order valence-corrected chi connectivity index (χ2v) is 8.15. The third-order valence-electron chi connectivity index (χ3n) is 4.87. The molecule has 0 unspecified atom stereocenters. The van der Waals surface area contributed by atoms with Gasteiger partial charge in [-0.05, 0) is 47.1 Å². The Bertz CT molecular complexity index is 820. The average Bonchev–Trinajstić information content (AvgIpc) is 2.72. The van der Waals surface area contributed by atoms with E-state index in [2.05, 4.69) is 66.0 Å². The van der Waals surface area contributed by atoms with Crippen molar-refractivity contribution >= 4 is 11.9 Å². The van der Waals surface area contributed by atoms with Crippen molar-refractivity contribution in [3.63, 3.8) is 0 Å². The Morgan fingerprint density at radius 3 is 2.10 bits per heavy atom. The standard InChI is InChI=1S/C24H34N4O/c1-24(2,3)21-11-9-18(10-12-21)13-15-27-23(26-5)28-16-14-19-7-6-8-20(17-19)22(29)25-4/h6-12,17H,13-16H2,1-5H3,(H,25,29)(H2,26,27,28). The highest BCUT2D eigenvalue weighted by Gasteiger charge is 2.12. The highest BCUT2D eigenvalue weighted by Crippen LogP contribution is 2.22. The summed E-state index contributed by atoms with van der Waals surface area (Å²) in [5.41, 5.74) is 4.65. The lowest BCUT2D eigenvalue weighted by Crippen LogP contribution is -2.39. The average molecular weight is 395 g/mol. The lowest BCUT2D eigenvalue weighted by Gasteiger charge is -2.19. The zero-order valence-electron chi connectivity index (χ0n) is 18.3. The second-order valence-electron chi connectivity index (χ2n) is 8.15. The molecule has 0 atom stereocenters. The van der Waals surface area contributed by atoms with Crippen LogP contribution in [0.1, 0.15) is 47.8 Å². The van der Waals surface area contributed by atoms with Gasteiger partial charge in [-0.1, -0.05) is 57.2 Å². The molecule has 5 nitrogen and oxygen atoms in total. The van der Waals surface area contributed by atoms with Gasteiger partial charge in [0.15, 0.2) is 5.96 Å². The Kier molecular flexibility index (Phi) is 8.25. The predicted molar refractivity (Wildman–Crippen MR) is 122 cm³/mol. The van der Waals surface area contributed by atoms with Crippen LogP contribution < -0.4 is 16.0 Å². The smallest absolute Gasteiger partial charge is 0.251 e. The van der Waals surface area contributed by atoms with E-state index in [-0.39, 0.29) is 11.3 Å². The fourth-order valence-electron chi connectivity index (χ4n) is 3.05. The van der Waals surface area contributed by atoms with Crippen LogP contribution in [0, 0.1) is 0 Å². The quantitative estimate of drug-likeness (QED) is 0.499. The number of rotatable bonds is 7. The van der Waals surface area contributed by atoms with Gasteiger partial charge >= 0.3 is 0 Å². The van der Waals surface area contributed by atoms with Crippen molar-refractivity contribution in [3.05, 3.63) is 70.8 Å².